The lowest BCUT2D eigenvalue weighted by atomic mass is 9.95. The SMILES string of the molecule is COc1c2c(c(NC(=O)c3ccc(F)c(Cl)c3)c3c1OCO3)CCN(C)C2. The zero-order valence-electron chi connectivity index (χ0n) is 14.9. The highest BCUT2D eigenvalue weighted by molar-refractivity contribution is 6.31. The minimum absolute atomic E-state index is 0.0513. The Bertz CT molecular complexity index is 935. The van der Waals surface area contributed by atoms with Crippen molar-refractivity contribution in [1.29, 1.82) is 0 Å². The van der Waals surface area contributed by atoms with Crippen molar-refractivity contribution in [2.45, 2.75) is 13.0 Å². The molecule has 27 heavy (non-hydrogen) atoms. The Morgan fingerprint density at radius 1 is 1.30 bits per heavy atom. The zero-order chi connectivity index (χ0) is 19.1. The van der Waals surface area contributed by atoms with Crippen LogP contribution in [0, 0.1) is 5.82 Å². The number of nitrogens with one attached hydrogen (secondary N) is 1. The number of carbonyl (C=O) groups excluding carboxylic acids is 1. The van der Waals surface area contributed by atoms with E-state index in [1.165, 1.54) is 18.2 Å². The van der Waals surface area contributed by atoms with Crippen LogP contribution in [0.5, 0.6) is 17.2 Å². The Hall–Kier alpha value is -2.51. The third kappa shape index (κ3) is 3.07. The molecule has 1 N–H and O–H groups in total. The normalized spacial score (nSPS) is 15.4. The van der Waals surface area contributed by atoms with Gasteiger partial charge in [-0.3, -0.25) is 4.79 Å². The van der Waals surface area contributed by atoms with Crippen LogP contribution in [0.2, 0.25) is 5.02 Å². The van der Waals surface area contributed by atoms with E-state index in [1.807, 2.05) is 7.05 Å². The Kier molecular flexibility index (Phi) is 4.57. The van der Waals surface area contributed by atoms with E-state index < -0.39 is 11.7 Å². The fraction of sp³-hybridized carbons (Fsp3) is 0.316. The van der Waals surface area contributed by atoms with Gasteiger partial charge in [0.15, 0.2) is 11.5 Å². The molecule has 0 radical (unpaired) electrons. The molecule has 0 aromatic heterocycles. The maximum Gasteiger partial charge on any atom is 0.255 e. The van der Waals surface area contributed by atoms with E-state index in [1.54, 1.807) is 7.11 Å². The average Bonchev–Trinajstić information content (AvgIpc) is 3.13. The van der Waals surface area contributed by atoms with Gasteiger partial charge in [-0.15, -0.1) is 0 Å². The van der Waals surface area contributed by atoms with Crippen LogP contribution >= 0.6 is 11.6 Å². The van der Waals surface area contributed by atoms with E-state index in [2.05, 4.69) is 10.2 Å². The number of hydrogen-bond acceptors (Lipinski definition) is 5. The maximum atomic E-state index is 13.4. The second-order valence-electron chi connectivity index (χ2n) is 6.50. The molecular weight excluding hydrogens is 375 g/mol. The van der Waals surface area contributed by atoms with E-state index >= 15 is 0 Å². The molecule has 2 aliphatic rings. The minimum atomic E-state index is -0.573. The summed E-state index contributed by atoms with van der Waals surface area (Å²) in [6, 6.07) is 3.85. The summed E-state index contributed by atoms with van der Waals surface area (Å²) in [5.74, 6) is 0.596. The highest BCUT2D eigenvalue weighted by Crippen LogP contribution is 2.52. The molecule has 0 spiro atoms. The van der Waals surface area contributed by atoms with Gasteiger partial charge < -0.3 is 24.4 Å². The summed E-state index contributed by atoms with van der Waals surface area (Å²) in [4.78, 5) is 14.9. The quantitative estimate of drug-likeness (QED) is 0.866. The first-order valence-electron chi connectivity index (χ1n) is 8.45. The second kappa shape index (κ2) is 6.90. The molecule has 6 nitrogen and oxygen atoms in total. The highest BCUT2D eigenvalue weighted by Gasteiger charge is 2.33. The summed E-state index contributed by atoms with van der Waals surface area (Å²) in [6.07, 6.45) is 0.721. The van der Waals surface area contributed by atoms with Crippen LogP contribution in [0.25, 0.3) is 0 Å². The largest absolute Gasteiger partial charge is 0.492 e. The van der Waals surface area contributed by atoms with E-state index in [0.29, 0.717) is 29.5 Å². The van der Waals surface area contributed by atoms with E-state index in [-0.39, 0.29) is 17.4 Å². The van der Waals surface area contributed by atoms with Crippen molar-refractivity contribution < 1.29 is 23.4 Å². The smallest absolute Gasteiger partial charge is 0.255 e. The standard InChI is InChI=1S/C19H18ClFN2O4/c1-23-6-5-11-12(8-23)16(25-2)18-17(26-9-27-18)15(11)22-19(24)10-3-4-14(21)13(20)7-10/h3-4,7H,5-6,8-9H2,1-2H3,(H,22,24). The molecule has 1 amide bonds. The van der Waals surface area contributed by atoms with Crippen molar-refractivity contribution >= 4 is 23.2 Å². The monoisotopic (exact) mass is 392 g/mol. The van der Waals surface area contributed by atoms with Crippen LogP contribution in [-0.2, 0) is 13.0 Å². The summed E-state index contributed by atoms with van der Waals surface area (Å²) in [7, 11) is 3.61. The van der Waals surface area contributed by atoms with Crippen molar-refractivity contribution in [2.24, 2.45) is 0 Å². The van der Waals surface area contributed by atoms with Gasteiger partial charge >= 0.3 is 0 Å². The third-order valence-corrected chi connectivity index (χ3v) is 5.07. The topological polar surface area (TPSA) is 60.0 Å². The predicted octanol–water partition coefficient (Wildman–Crippen LogP) is 3.46. The van der Waals surface area contributed by atoms with Crippen LogP contribution in [0.4, 0.5) is 10.1 Å². The molecule has 2 aromatic carbocycles. The van der Waals surface area contributed by atoms with E-state index in [0.717, 1.165) is 24.1 Å². The molecule has 142 valence electrons. The first-order chi connectivity index (χ1) is 13.0. The Balaban J connectivity index is 1.78. The lowest BCUT2D eigenvalue weighted by molar-refractivity contribution is 0.102. The summed E-state index contributed by atoms with van der Waals surface area (Å²) >= 11 is 5.80. The number of carbonyl (C=O) groups is 1. The first kappa shape index (κ1) is 17.9. The summed E-state index contributed by atoms with van der Waals surface area (Å²) < 4.78 is 30.2. The van der Waals surface area contributed by atoms with Gasteiger partial charge in [0.25, 0.3) is 5.91 Å². The molecule has 2 aromatic rings. The highest BCUT2D eigenvalue weighted by atomic mass is 35.5. The molecule has 2 aliphatic heterocycles. The first-order valence-corrected chi connectivity index (χ1v) is 8.83. The number of benzene rings is 2. The number of hydrogen-bond donors (Lipinski definition) is 1. The summed E-state index contributed by atoms with van der Waals surface area (Å²) in [5, 5.41) is 2.79. The number of anilines is 1. The van der Waals surface area contributed by atoms with Crippen LogP contribution < -0.4 is 19.5 Å². The summed E-state index contributed by atoms with van der Waals surface area (Å²) in [6.45, 7) is 1.55. The van der Waals surface area contributed by atoms with Gasteiger partial charge in [-0.1, -0.05) is 11.6 Å². The van der Waals surface area contributed by atoms with E-state index in [4.69, 9.17) is 25.8 Å². The van der Waals surface area contributed by atoms with Gasteiger partial charge in [-0.25, -0.2) is 4.39 Å². The van der Waals surface area contributed by atoms with Gasteiger partial charge in [0, 0.05) is 24.2 Å². The van der Waals surface area contributed by atoms with Crippen molar-refractivity contribution in [2.75, 3.05) is 32.8 Å². The molecular formula is C19H18ClFN2O4. The van der Waals surface area contributed by atoms with Gasteiger partial charge in [0.05, 0.1) is 17.8 Å². The Labute approximate surface area is 160 Å². The molecule has 0 bridgehead atoms. The Morgan fingerprint density at radius 2 is 2.07 bits per heavy atom. The number of halogens is 2. The zero-order valence-corrected chi connectivity index (χ0v) is 15.7. The van der Waals surface area contributed by atoms with Crippen LogP contribution in [-0.4, -0.2) is 38.3 Å². The number of rotatable bonds is 3. The second-order valence-corrected chi connectivity index (χ2v) is 6.91. The molecule has 0 atom stereocenters. The number of likely N-dealkylation sites (N-methyl/N-ethyl adjacent to an activating group) is 1. The van der Waals surface area contributed by atoms with Crippen LogP contribution in [0.15, 0.2) is 18.2 Å². The molecule has 0 fully saturated rings. The lowest BCUT2D eigenvalue weighted by Gasteiger charge is -2.29. The number of methoxy groups -OCH3 is 1. The van der Waals surface area contributed by atoms with Gasteiger partial charge in [0.2, 0.25) is 12.5 Å². The lowest BCUT2D eigenvalue weighted by Crippen LogP contribution is -2.28. The van der Waals surface area contributed by atoms with Crippen molar-refractivity contribution in [3.63, 3.8) is 0 Å². The van der Waals surface area contributed by atoms with Crippen molar-refractivity contribution in [1.82, 2.24) is 4.90 Å². The maximum absolute atomic E-state index is 13.4. The number of amides is 1. The number of ether oxygens (including phenoxy) is 3. The van der Waals surface area contributed by atoms with Gasteiger partial charge in [0.1, 0.15) is 5.82 Å². The van der Waals surface area contributed by atoms with Gasteiger partial charge in [-0.2, -0.15) is 0 Å². The van der Waals surface area contributed by atoms with E-state index in [9.17, 15) is 9.18 Å². The molecule has 0 unspecified atom stereocenters. The van der Waals surface area contributed by atoms with Crippen LogP contribution in [0.3, 0.4) is 0 Å². The summed E-state index contributed by atoms with van der Waals surface area (Å²) in [5.41, 5.74) is 2.74. The van der Waals surface area contributed by atoms with Crippen LogP contribution in [0.1, 0.15) is 21.5 Å². The molecule has 0 saturated heterocycles. The molecule has 0 aliphatic carbocycles. The predicted molar refractivity (Wildman–Crippen MR) is 98.5 cm³/mol. The third-order valence-electron chi connectivity index (χ3n) is 4.78. The fourth-order valence-electron chi connectivity index (χ4n) is 3.46. The average molecular weight is 393 g/mol. The molecule has 4 rings (SSSR count). The Morgan fingerprint density at radius 3 is 2.81 bits per heavy atom. The molecule has 0 saturated carbocycles. The minimum Gasteiger partial charge on any atom is -0.492 e. The van der Waals surface area contributed by atoms with Crippen molar-refractivity contribution in [3.8, 4) is 17.2 Å². The molecule has 8 heteroatoms. The number of fused-ring (bicyclic) bond motifs is 2. The van der Waals surface area contributed by atoms with Crippen molar-refractivity contribution in [3.05, 3.63) is 45.7 Å². The fourth-order valence-corrected chi connectivity index (χ4v) is 3.64. The number of nitrogens with zero attached hydrogens (tertiary/aromatic N) is 1. The van der Waals surface area contributed by atoms with Gasteiger partial charge in [-0.05, 0) is 37.2 Å². The molecule has 2 heterocycles.